The molecule has 11 nitrogen and oxygen atoms in total. The van der Waals surface area contributed by atoms with Crippen LogP contribution in [0, 0.1) is 10.1 Å². The molecule has 0 aliphatic heterocycles. The molecule has 226 valence electrons. The zero-order valence-electron chi connectivity index (χ0n) is 23.6. The number of carboxylic acid groups (broad SMARTS) is 1. The van der Waals surface area contributed by atoms with Crippen LogP contribution in [0.25, 0.3) is 0 Å². The van der Waals surface area contributed by atoms with Gasteiger partial charge in [-0.1, -0.05) is 96.2 Å². The fourth-order valence-corrected chi connectivity index (χ4v) is 5.40. The van der Waals surface area contributed by atoms with Crippen LogP contribution >= 0.6 is 11.3 Å². The number of carbonyl (C=O) groups is 2. The summed E-state index contributed by atoms with van der Waals surface area (Å²) in [6.07, 6.45) is 0. The van der Waals surface area contributed by atoms with Crippen LogP contribution in [0.15, 0.2) is 126 Å². The van der Waals surface area contributed by atoms with Gasteiger partial charge in [0.2, 0.25) is 12.3 Å². The first-order chi connectivity index (χ1) is 21.9. The monoisotopic (exact) mass is 622 g/mol. The molecule has 0 atom stereocenters. The zero-order valence-corrected chi connectivity index (χ0v) is 24.4. The Balaban J connectivity index is 1.35. The van der Waals surface area contributed by atoms with Crippen molar-refractivity contribution in [1.82, 2.24) is 4.98 Å². The van der Waals surface area contributed by atoms with Crippen LogP contribution in [0.1, 0.15) is 27.9 Å². The van der Waals surface area contributed by atoms with Crippen molar-refractivity contribution in [3.8, 4) is 0 Å². The van der Waals surface area contributed by atoms with Crippen molar-refractivity contribution in [1.29, 1.82) is 0 Å². The van der Waals surface area contributed by atoms with E-state index in [1.54, 1.807) is 0 Å². The number of hydrogen-bond donors (Lipinski definition) is 2. The number of ether oxygens (including phenoxy) is 1. The second kappa shape index (κ2) is 14.1. The van der Waals surface area contributed by atoms with E-state index in [0.29, 0.717) is 10.7 Å². The lowest BCUT2D eigenvalue weighted by Gasteiger charge is -2.36. The maximum Gasteiger partial charge on any atom is 0.360 e. The largest absolute Gasteiger partial charge is 0.476 e. The molecule has 0 aliphatic rings. The molecule has 0 radical (unpaired) electrons. The van der Waals surface area contributed by atoms with Gasteiger partial charge in [0.25, 0.3) is 5.69 Å². The van der Waals surface area contributed by atoms with Gasteiger partial charge in [0, 0.05) is 17.5 Å². The highest BCUT2D eigenvalue weighted by molar-refractivity contribution is 7.14. The standard InChI is InChI=1S/C33H26N4O7S/c38-29(43-20-23-16-18-27(19-17-23)37(41)42)21-44-36-30(31(39)40)28-22-45-32(34-28)35-33(24-10-4-1-5-11-24,25-12-6-2-7-13-25)26-14-8-3-9-15-26/h1-19,22H,20-21H2,(H,34,35)(H,39,40). The van der Waals surface area contributed by atoms with E-state index in [1.807, 2.05) is 91.0 Å². The molecule has 2 N–H and O–H groups in total. The third-order valence-electron chi connectivity index (χ3n) is 6.75. The Kier molecular flexibility index (Phi) is 9.55. The van der Waals surface area contributed by atoms with Gasteiger partial charge in [-0.15, -0.1) is 11.3 Å². The van der Waals surface area contributed by atoms with E-state index in [2.05, 4.69) is 15.5 Å². The fourth-order valence-electron chi connectivity index (χ4n) is 4.65. The number of esters is 1. The van der Waals surface area contributed by atoms with Crippen molar-refractivity contribution in [3.05, 3.63) is 159 Å². The highest BCUT2D eigenvalue weighted by atomic mass is 32.1. The van der Waals surface area contributed by atoms with E-state index in [0.717, 1.165) is 16.7 Å². The lowest BCUT2D eigenvalue weighted by molar-refractivity contribution is -0.384. The average Bonchev–Trinajstić information content (AvgIpc) is 3.53. The Morgan fingerprint density at radius 2 is 1.40 bits per heavy atom. The van der Waals surface area contributed by atoms with Gasteiger partial charge in [-0.2, -0.15) is 0 Å². The number of hydrogen-bond acceptors (Lipinski definition) is 10. The summed E-state index contributed by atoms with van der Waals surface area (Å²) < 4.78 is 5.09. The van der Waals surface area contributed by atoms with Gasteiger partial charge in [-0.25, -0.2) is 14.6 Å². The number of non-ortho nitro benzene ring substituents is 1. The molecule has 0 spiro atoms. The lowest BCUT2D eigenvalue weighted by atomic mass is 9.77. The van der Waals surface area contributed by atoms with Gasteiger partial charge in [0.15, 0.2) is 5.13 Å². The summed E-state index contributed by atoms with van der Waals surface area (Å²) >= 11 is 1.20. The molecule has 0 fully saturated rings. The molecule has 0 amide bonds. The van der Waals surface area contributed by atoms with Crippen molar-refractivity contribution in [2.75, 3.05) is 11.9 Å². The number of oxime groups is 1. The van der Waals surface area contributed by atoms with E-state index in [1.165, 1.54) is 41.0 Å². The van der Waals surface area contributed by atoms with Gasteiger partial charge < -0.3 is 20.0 Å². The Labute approximate surface area is 261 Å². The van der Waals surface area contributed by atoms with Gasteiger partial charge in [0.05, 0.1) is 4.92 Å². The molecule has 0 aliphatic carbocycles. The minimum atomic E-state index is -1.40. The normalized spacial score (nSPS) is 11.4. The van der Waals surface area contributed by atoms with Crippen molar-refractivity contribution < 1.29 is 29.2 Å². The van der Waals surface area contributed by atoms with E-state index < -0.39 is 34.7 Å². The van der Waals surface area contributed by atoms with E-state index >= 15 is 0 Å². The predicted octanol–water partition coefficient (Wildman–Crippen LogP) is 6.00. The highest BCUT2D eigenvalue weighted by Crippen LogP contribution is 2.40. The second-order valence-corrected chi connectivity index (χ2v) is 10.5. The van der Waals surface area contributed by atoms with Crippen LogP contribution in [-0.4, -0.2) is 39.3 Å². The Hall–Kier alpha value is -5.88. The average molecular weight is 623 g/mol. The summed E-state index contributed by atoms with van der Waals surface area (Å²) in [6, 6.07) is 35.1. The maximum atomic E-state index is 12.1. The van der Waals surface area contributed by atoms with Crippen molar-refractivity contribution in [2.45, 2.75) is 12.1 Å². The number of thiazole rings is 1. The van der Waals surface area contributed by atoms with Crippen LogP contribution < -0.4 is 5.32 Å². The fraction of sp³-hybridized carbons (Fsp3) is 0.0909. The maximum absolute atomic E-state index is 12.1. The number of nitrogens with zero attached hydrogens (tertiary/aromatic N) is 3. The van der Waals surface area contributed by atoms with Gasteiger partial charge in [0.1, 0.15) is 17.8 Å². The van der Waals surface area contributed by atoms with E-state index in [9.17, 15) is 24.8 Å². The first-order valence-electron chi connectivity index (χ1n) is 13.6. The number of anilines is 1. The number of nitro benzene ring substituents is 1. The summed E-state index contributed by atoms with van der Waals surface area (Å²) in [7, 11) is 0. The number of rotatable bonds is 13. The topological polar surface area (TPSA) is 153 Å². The number of carbonyl (C=O) groups excluding carboxylic acids is 1. The summed E-state index contributed by atoms with van der Waals surface area (Å²) in [6.45, 7) is -0.805. The summed E-state index contributed by atoms with van der Waals surface area (Å²) in [5.41, 5.74) is 1.96. The van der Waals surface area contributed by atoms with Crippen LogP contribution in [0.2, 0.25) is 0 Å². The van der Waals surface area contributed by atoms with Crippen LogP contribution in [0.5, 0.6) is 0 Å². The van der Waals surface area contributed by atoms with Crippen LogP contribution in [0.4, 0.5) is 10.8 Å². The molecule has 45 heavy (non-hydrogen) atoms. The van der Waals surface area contributed by atoms with Crippen LogP contribution in [-0.2, 0) is 31.3 Å². The molecule has 0 unspecified atom stereocenters. The Morgan fingerprint density at radius 3 is 1.89 bits per heavy atom. The number of benzene rings is 4. The molecule has 0 saturated heterocycles. The van der Waals surface area contributed by atoms with Gasteiger partial charge in [-0.3, -0.25) is 10.1 Å². The Morgan fingerprint density at radius 1 is 0.867 bits per heavy atom. The van der Waals surface area contributed by atoms with E-state index in [-0.39, 0.29) is 18.0 Å². The van der Waals surface area contributed by atoms with Gasteiger partial charge >= 0.3 is 11.9 Å². The zero-order chi connectivity index (χ0) is 31.6. The van der Waals surface area contributed by atoms with Crippen LogP contribution in [0.3, 0.4) is 0 Å². The molecule has 12 heteroatoms. The number of nitro groups is 1. The lowest BCUT2D eigenvalue weighted by Crippen LogP contribution is -2.38. The highest BCUT2D eigenvalue weighted by Gasteiger charge is 2.37. The molecule has 5 rings (SSSR count). The van der Waals surface area contributed by atoms with Crippen molar-refractivity contribution >= 4 is 39.8 Å². The smallest absolute Gasteiger partial charge is 0.360 e. The molecular weight excluding hydrogens is 596 g/mol. The minimum Gasteiger partial charge on any atom is -0.476 e. The molecule has 1 aromatic heterocycles. The summed E-state index contributed by atoms with van der Waals surface area (Å²) in [5.74, 6) is -2.20. The molecule has 1 heterocycles. The van der Waals surface area contributed by atoms with E-state index in [4.69, 9.17) is 9.57 Å². The molecule has 4 aromatic carbocycles. The van der Waals surface area contributed by atoms with Gasteiger partial charge in [-0.05, 0) is 34.4 Å². The third kappa shape index (κ3) is 7.20. The van der Waals surface area contributed by atoms with Crippen molar-refractivity contribution in [2.24, 2.45) is 5.16 Å². The number of aromatic nitrogens is 1. The number of aliphatic carboxylic acids is 1. The first-order valence-corrected chi connectivity index (χ1v) is 14.5. The second-order valence-electron chi connectivity index (χ2n) is 9.61. The predicted molar refractivity (Wildman–Crippen MR) is 168 cm³/mol. The third-order valence-corrected chi connectivity index (χ3v) is 7.51. The first kappa shape index (κ1) is 30.6. The SMILES string of the molecule is O=C(CON=C(C(=O)O)c1csc(NC(c2ccccc2)(c2ccccc2)c2ccccc2)n1)OCc1ccc([N+](=O)[O-])cc1. The Bertz CT molecular complexity index is 1700. The summed E-state index contributed by atoms with van der Waals surface area (Å²) in [4.78, 5) is 44.0. The van der Waals surface area contributed by atoms with Crippen molar-refractivity contribution in [3.63, 3.8) is 0 Å². The molecule has 0 saturated carbocycles. The number of carboxylic acids is 1. The number of nitrogens with one attached hydrogen (secondary N) is 1. The quantitative estimate of drug-likeness (QED) is 0.0529. The minimum absolute atomic E-state index is 0.0392. The molecule has 0 bridgehead atoms. The molecule has 5 aromatic rings. The molecular formula is C33H26N4O7S. The summed E-state index contributed by atoms with van der Waals surface area (Å²) in [5, 5.41) is 29.8.